The lowest BCUT2D eigenvalue weighted by Gasteiger charge is -2.11. The topological polar surface area (TPSA) is 98.5 Å². The molecular formula is C30H25Cl3N2O5S. The highest BCUT2D eigenvalue weighted by Crippen LogP contribution is 2.56. The zero-order valence-electron chi connectivity index (χ0n) is 21.9. The van der Waals surface area contributed by atoms with Crippen LogP contribution in [0.5, 0.6) is 5.75 Å². The second-order valence-electron chi connectivity index (χ2n) is 10.5. The van der Waals surface area contributed by atoms with E-state index >= 15 is 0 Å². The molecule has 2 fully saturated rings. The Morgan fingerprint density at radius 2 is 1.71 bits per heavy atom. The largest absolute Gasteiger partial charge is 0.489 e. The summed E-state index contributed by atoms with van der Waals surface area (Å²) in [5.74, 6) is 1.59. The average Bonchev–Trinajstić information content (AvgIpc) is 3.85. The van der Waals surface area contributed by atoms with Gasteiger partial charge in [-0.25, -0.2) is 13.1 Å². The van der Waals surface area contributed by atoms with Crippen LogP contribution in [0, 0.1) is 0 Å². The first-order valence-corrected chi connectivity index (χ1v) is 16.1. The van der Waals surface area contributed by atoms with Crippen molar-refractivity contribution in [1.29, 1.82) is 0 Å². The quantitative estimate of drug-likeness (QED) is 0.203. The van der Waals surface area contributed by atoms with E-state index in [4.69, 9.17) is 44.1 Å². The number of hydrogen-bond acceptors (Lipinski definition) is 6. The molecule has 3 aromatic carbocycles. The predicted octanol–water partition coefficient (Wildman–Crippen LogP) is 7.72. The molecule has 1 heterocycles. The Morgan fingerprint density at radius 1 is 1.00 bits per heavy atom. The Hall–Kier alpha value is -3.04. The number of amides is 1. The highest BCUT2D eigenvalue weighted by atomic mass is 35.5. The molecule has 2 aliphatic carbocycles. The molecule has 0 unspecified atom stereocenters. The number of carbonyl (C=O) groups excluding carboxylic acids is 1. The van der Waals surface area contributed by atoms with Crippen molar-refractivity contribution in [2.75, 3.05) is 6.26 Å². The molecule has 1 amide bonds. The number of hydrogen-bond donors (Lipinski definition) is 1. The van der Waals surface area contributed by atoms with Gasteiger partial charge in [0.15, 0.2) is 0 Å². The van der Waals surface area contributed by atoms with Gasteiger partial charge < -0.3 is 9.26 Å². The van der Waals surface area contributed by atoms with E-state index in [2.05, 4.69) is 5.16 Å². The lowest BCUT2D eigenvalue weighted by Crippen LogP contribution is -2.29. The highest BCUT2D eigenvalue weighted by Gasteiger charge is 2.40. The SMILES string of the molecule is CS(=O)(=O)NC(=O)c1ccc([C@@H]2C[C@H]2c2ccc(OCc3c(-c4c(Cl)cccc4Cl)noc3C3CC3)cc2Cl)cc1. The summed E-state index contributed by atoms with van der Waals surface area (Å²) >= 11 is 19.6. The number of benzene rings is 3. The maximum absolute atomic E-state index is 12.1. The number of nitrogens with one attached hydrogen (secondary N) is 1. The van der Waals surface area contributed by atoms with Crippen LogP contribution in [0.15, 0.2) is 65.2 Å². The van der Waals surface area contributed by atoms with Crippen molar-refractivity contribution >= 4 is 50.7 Å². The van der Waals surface area contributed by atoms with Crippen molar-refractivity contribution in [3.05, 3.63) is 104 Å². The molecule has 4 aromatic rings. The first kappa shape index (κ1) is 28.1. The molecule has 0 aliphatic heterocycles. The van der Waals surface area contributed by atoms with Gasteiger partial charge in [-0.15, -0.1) is 0 Å². The lowest BCUT2D eigenvalue weighted by molar-refractivity contribution is 0.0981. The van der Waals surface area contributed by atoms with Gasteiger partial charge in [0.2, 0.25) is 10.0 Å². The summed E-state index contributed by atoms with van der Waals surface area (Å²) in [5.41, 5.74) is 4.42. The molecule has 1 N–H and O–H groups in total. The second-order valence-corrected chi connectivity index (χ2v) is 13.5. The molecule has 2 atom stereocenters. The first-order chi connectivity index (χ1) is 19.6. The van der Waals surface area contributed by atoms with Crippen LogP contribution in [-0.4, -0.2) is 25.7 Å². The van der Waals surface area contributed by atoms with Crippen molar-refractivity contribution < 1.29 is 22.5 Å². The van der Waals surface area contributed by atoms with Crippen LogP contribution in [0.2, 0.25) is 15.1 Å². The van der Waals surface area contributed by atoms with E-state index < -0.39 is 15.9 Å². The van der Waals surface area contributed by atoms with Crippen molar-refractivity contribution in [1.82, 2.24) is 9.88 Å². The number of rotatable bonds is 9. The Morgan fingerprint density at radius 3 is 2.34 bits per heavy atom. The van der Waals surface area contributed by atoms with Crippen LogP contribution >= 0.6 is 34.8 Å². The van der Waals surface area contributed by atoms with Gasteiger partial charge in [0, 0.05) is 22.1 Å². The van der Waals surface area contributed by atoms with Crippen LogP contribution < -0.4 is 9.46 Å². The lowest BCUT2D eigenvalue weighted by atomic mass is 10.0. The number of ether oxygens (including phenoxy) is 1. The Balaban J connectivity index is 1.15. The number of aromatic nitrogens is 1. The van der Waals surface area contributed by atoms with Gasteiger partial charge >= 0.3 is 0 Å². The normalized spacial score (nSPS) is 18.2. The summed E-state index contributed by atoms with van der Waals surface area (Å²) in [6.45, 7) is 0.229. The number of sulfonamides is 1. The fraction of sp³-hybridized carbons (Fsp3) is 0.267. The smallest absolute Gasteiger partial charge is 0.264 e. The molecule has 0 bridgehead atoms. The summed E-state index contributed by atoms with van der Waals surface area (Å²) in [6, 6.07) is 18.0. The van der Waals surface area contributed by atoms with E-state index in [0.717, 1.165) is 48.0 Å². The monoisotopic (exact) mass is 630 g/mol. The summed E-state index contributed by atoms with van der Waals surface area (Å²) in [4.78, 5) is 12.1. The minimum Gasteiger partial charge on any atom is -0.489 e. The van der Waals surface area contributed by atoms with Crippen LogP contribution in [0.4, 0.5) is 0 Å². The third-order valence-corrected chi connectivity index (χ3v) is 8.90. The molecule has 11 heteroatoms. The van der Waals surface area contributed by atoms with Gasteiger partial charge in [-0.05, 0) is 78.6 Å². The fourth-order valence-corrected chi connectivity index (χ4v) is 6.46. The van der Waals surface area contributed by atoms with E-state index in [-0.39, 0.29) is 24.0 Å². The molecule has 2 saturated carbocycles. The van der Waals surface area contributed by atoms with Crippen molar-refractivity contribution in [2.45, 2.75) is 43.6 Å². The Bertz CT molecular complexity index is 1730. The minimum absolute atomic E-state index is 0.229. The zero-order chi connectivity index (χ0) is 28.9. The molecule has 7 nitrogen and oxygen atoms in total. The number of nitrogens with zero attached hydrogens (tertiary/aromatic N) is 1. The first-order valence-electron chi connectivity index (χ1n) is 13.1. The highest BCUT2D eigenvalue weighted by molar-refractivity contribution is 7.89. The van der Waals surface area contributed by atoms with Gasteiger partial charge in [-0.1, -0.05) is 64.2 Å². The third-order valence-electron chi connectivity index (χ3n) is 7.39. The summed E-state index contributed by atoms with van der Waals surface area (Å²) in [7, 11) is -3.62. The van der Waals surface area contributed by atoms with E-state index in [1.807, 2.05) is 35.1 Å². The van der Waals surface area contributed by atoms with Gasteiger partial charge in [0.25, 0.3) is 5.91 Å². The molecule has 1 aromatic heterocycles. The predicted molar refractivity (Wildman–Crippen MR) is 159 cm³/mol. The third kappa shape index (κ3) is 6.11. The van der Waals surface area contributed by atoms with E-state index in [9.17, 15) is 13.2 Å². The van der Waals surface area contributed by atoms with Crippen molar-refractivity contribution in [2.24, 2.45) is 0 Å². The van der Waals surface area contributed by atoms with Gasteiger partial charge in [0.1, 0.15) is 23.8 Å². The van der Waals surface area contributed by atoms with Crippen LogP contribution in [-0.2, 0) is 16.6 Å². The van der Waals surface area contributed by atoms with E-state index in [1.54, 1.807) is 30.3 Å². The summed E-state index contributed by atoms with van der Waals surface area (Å²) < 4.78 is 36.5. The van der Waals surface area contributed by atoms with Crippen LogP contribution in [0.3, 0.4) is 0 Å². The Labute approximate surface area is 252 Å². The molecular weight excluding hydrogens is 607 g/mol. The average molecular weight is 632 g/mol. The number of halogens is 3. The van der Waals surface area contributed by atoms with Crippen molar-refractivity contribution in [3.63, 3.8) is 0 Å². The maximum atomic E-state index is 12.1. The second kappa shape index (κ2) is 11.0. The van der Waals surface area contributed by atoms with Gasteiger partial charge in [-0.3, -0.25) is 4.79 Å². The van der Waals surface area contributed by atoms with E-state index in [0.29, 0.717) is 38.0 Å². The van der Waals surface area contributed by atoms with Crippen LogP contribution in [0.25, 0.3) is 11.3 Å². The molecule has 41 heavy (non-hydrogen) atoms. The standard InChI is InChI=1S/C30H25Cl3N2O5S/c1-41(37,38)35-30(36)18-9-5-16(6-10-18)21-14-22(21)20-12-11-19(13-26(20)33)39-15-23-28(34-40-29(23)17-7-8-17)27-24(31)3-2-4-25(27)32/h2-6,9-13,17,21-22H,7-8,14-15H2,1H3,(H,35,36)/t21-,22-/m0/s1. The molecule has 2 aliphatic rings. The minimum atomic E-state index is -3.62. The molecule has 0 spiro atoms. The van der Waals surface area contributed by atoms with Gasteiger partial charge in [-0.2, -0.15) is 0 Å². The van der Waals surface area contributed by atoms with Gasteiger partial charge in [0.05, 0.1) is 21.9 Å². The molecule has 0 radical (unpaired) electrons. The van der Waals surface area contributed by atoms with Crippen molar-refractivity contribution in [3.8, 4) is 17.0 Å². The molecule has 0 saturated heterocycles. The molecule has 212 valence electrons. The summed E-state index contributed by atoms with van der Waals surface area (Å²) in [6.07, 6.45) is 3.94. The number of carbonyl (C=O) groups is 1. The Kier molecular flexibility index (Phi) is 7.53. The fourth-order valence-electron chi connectivity index (χ4n) is 5.12. The maximum Gasteiger partial charge on any atom is 0.264 e. The zero-order valence-corrected chi connectivity index (χ0v) is 24.9. The van der Waals surface area contributed by atoms with Crippen LogP contribution in [0.1, 0.15) is 69.8 Å². The van der Waals surface area contributed by atoms with E-state index in [1.165, 1.54) is 0 Å². The summed E-state index contributed by atoms with van der Waals surface area (Å²) in [5, 5.41) is 5.91. The molecule has 6 rings (SSSR count).